The molecule has 1 aromatic heterocycles. The summed E-state index contributed by atoms with van der Waals surface area (Å²) in [6.45, 7) is 9.03. The van der Waals surface area contributed by atoms with Crippen LogP contribution < -0.4 is 4.74 Å². The van der Waals surface area contributed by atoms with Crippen LogP contribution in [-0.4, -0.2) is 27.4 Å². The summed E-state index contributed by atoms with van der Waals surface area (Å²) in [4.78, 5) is 4.14. The highest BCUT2D eigenvalue weighted by molar-refractivity contribution is 5.37. The predicted octanol–water partition coefficient (Wildman–Crippen LogP) is 3.06. The van der Waals surface area contributed by atoms with Crippen LogP contribution >= 0.6 is 0 Å². The second-order valence-corrected chi connectivity index (χ2v) is 5.77. The lowest BCUT2D eigenvalue weighted by Crippen LogP contribution is -2.24. The standard InChI is InChI=1S/C17H24N2O2/c1-12(2)15-6-5-13(3)17(9-15)21-11-16(20)10-19-8-7-18-14(19)4/h5-9,12,16,20H,10-11H2,1-4H3. The molecule has 0 amide bonds. The van der Waals surface area contributed by atoms with Gasteiger partial charge in [-0.05, 0) is 37.0 Å². The molecule has 0 saturated carbocycles. The Balaban J connectivity index is 1.96. The molecule has 1 atom stereocenters. The smallest absolute Gasteiger partial charge is 0.122 e. The van der Waals surface area contributed by atoms with Crippen LogP contribution in [0.4, 0.5) is 0 Å². The maximum atomic E-state index is 10.1. The number of benzene rings is 1. The molecule has 1 unspecified atom stereocenters. The highest BCUT2D eigenvalue weighted by Gasteiger charge is 2.10. The van der Waals surface area contributed by atoms with Gasteiger partial charge in [0.2, 0.25) is 0 Å². The number of aromatic nitrogens is 2. The van der Waals surface area contributed by atoms with Crippen molar-refractivity contribution < 1.29 is 9.84 Å². The molecule has 0 radical (unpaired) electrons. The third-order valence-electron chi connectivity index (χ3n) is 3.64. The normalized spacial score (nSPS) is 12.7. The second kappa shape index (κ2) is 6.76. The zero-order chi connectivity index (χ0) is 15.4. The van der Waals surface area contributed by atoms with Crippen LogP contribution in [-0.2, 0) is 6.54 Å². The van der Waals surface area contributed by atoms with E-state index in [0.29, 0.717) is 12.5 Å². The van der Waals surface area contributed by atoms with Crippen LogP contribution in [0.15, 0.2) is 30.6 Å². The Labute approximate surface area is 126 Å². The Morgan fingerprint density at radius 2 is 2.05 bits per heavy atom. The lowest BCUT2D eigenvalue weighted by atomic mass is 10.0. The Kier molecular flexibility index (Phi) is 5.02. The van der Waals surface area contributed by atoms with Gasteiger partial charge < -0.3 is 14.4 Å². The van der Waals surface area contributed by atoms with E-state index >= 15 is 0 Å². The summed E-state index contributed by atoms with van der Waals surface area (Å²) in [6, 6.07) is 6.25. The minimum absolute atomic E-state index is 0.278. The van der Waals surface area contributed by atoms with Crippen LogP contribution in [0.2, 0.25) is 0 Å². The van der Waals surface area contributed by atoms with E-state index in [9.17, 15) is 5.11 Å². The van der Waals surface area contributed by atoms with Gasteiger partial charge in [-0.3, -0.25) is 0 Å². The second-order valence-electron chi connectivity index (χ2n) is 5.77. The molecule has 0 fully saturated rings. The lowest BCUT2D eigenvalue weighted by molar-refractivity contribution is 0.0916. The van der Waals surface area contributed by atoms with Crippen molar-refractivity contribution in [1.82, 2.24) is 9.55 Å². The van der Waals surface area contributed by atoms with Crippen molar-refractivity contribution in [2.24, 2.45) is 0 Å². The lowest BCUT2D eigenvalue weighted by Gasteiger charge is -2.16. The summed E-state index contributed by atoms with van der Waals surface area (Å²) >= 11 is 0. The summed E-state index contributed by atoms with van der Waals surface area (Å²) < 4.78 is 7.72. The van der Waals surface area contributed by atoms with Crippen molar-refractivity contribution in [3.05, 3.63) is 47.5 Å². The van der Waals surface area contributed by atoms with E-state index in [4.69, 9.17) is 4.74 Å². The van der Waals surface area contributed by atoms with Crippen molar-refractivity contribution in [2.45, 2.75) is 46.3 Å². The summed E-state index contributed by atoms with van der Waals surface area (Å²) in [7, 11) is 0. The first kappa shape index (κ1) is 15.6. The maximum Gasteiger partial charge on any atom is 0.122 e. The molecule has 0 aliphatic heterocycles. The molecule has 2 aromatic rings. The number of hydrogen-bond donors (Lipinski definition) is 1. The molecular weight excluding hydrogens is 264 g/mol. The zero-order valence-corrected chi connectivity index (χ0v) is 13.2. The van der Waals surface area contributed by atoms with Gasteiger partial charge >= 0.3 is 0 Å². The van der Waals surface area contributed by atoms with Crippen molar-refractivity contribution in [2.75, 3.05) is 6.61 Å². The number of aliphatic hydroxyl groups is 1. The van der Waals surface area contributed by atoms with E-state index in [-0.39, 0.29) is 6.61 Å². The van der Waals surface area contributed by atoms with Gasteiger partial charge in [0.1, 0.15) is 24.3 Å². The van der Waals surface area contributed by atoms with Gasteiger partial charge in [-0.15, -0.1) is 0 Å². The number of ether oxygens (including phenoxy) is 1. The highest BCUT2D eigenvalue weighted by Crippen LogP contribution is 2.24. The van der Waals surface area contributed by atoms with Crippen molar-refractivity contribution in [1.29, 1.82) is 0 Å². The molecule has 1 heterocycles. The fourth-order valence-electron chi connectivity index (χ4n) is 2.19. The first-order chi connectivity index (χ1) is 9.97. The van der Waals surface area contributed by atoms with Crippen LogP contribution in [0.5, 0.6) is 5.75 Å². The molecule has 1 N–H and O–H groups in total. The summed E-state index contributed by atoms with van der Waals surface area (Å²) in [5.74, 6) is 2.21. The average Bonchev–Trinajstić information content (AvgIpc) is 2.83. The molecule has 0 saturated heterocycles. The largest absolute Gasteiger partial charge is 0.491 e. The van der Waals surface area contributed by atoms with Gasteiger partial charge in [0.15, 0.2) is 0 Å². The Morgan fingerprint density at radius 3 is 2.67 bits per heavy atom. The van der Waals surface area contributed by atoms with Crippen molar-refractivity contribution in [3.8, 4) is 5.75 Å². The minimum Gasteiger partial charge on any atom is -0.491 e. The van der Waals surface area contributed by atoms with Gasteiger partial charge in [0.05, 0.1) is 6.54 Å². The number of nitrogens with zero attached hydrogens (tertiary/aromatic N) is 2. The topological polar surface area (TPSA) is 47.3 Å². The molecule has 4 nitrogen and oxygen atoms in total. The predicted molar refractivity (Wildman–Crippen MR) is 83.7 cm³/mol. The monoisotopic (exact) mass is 288 g/mol. The number of hydrogen-bond acceptors (Lipinski definition) is 3. The molecule has 114 valence electrons. The van der Waals surface area contributed by atoms with Gasteiger partial charge in [0, 0.05) is 12.4 Å². The minimum atomic E-state index is -0.556. The fraction of sp³-hybridized carbons (Fsp3) is 0.471. The summed E-state index contributed by atoms with van der Waals surface area (Å²) in [5.41, 5.74) is 2.33. The van der Waals surface area contributed by atoms with Crippen LogP contribution in [0.25, 0.3) is 0 Å². The third kappa shape index (κ3) is 4.08. The molecule has 0 bridgehead atoms. The zero-order valence-electron chi connectivity index (χ0n) is 13.2. The number of aryl methyl sites for hydroxylation is 2. The molecule has 0 spiro atoms. The molecule has 21 heavy (non-hydrogen) atoms. The fourth-order valence-corrected chi connectivity index (χ4v) is 2.19. The van der Waals surface area contributed by atoms with E-state index in [1.165, 1.54) is 5.56 Å². The van der Waals surface area contributed by atoms with Crippen molar-refractivity contribution >= 4 is 0 Å². The van der Waals surface area contributed by atoms with Crippen LogP contribution in [0.1, 0.15) is 36.7 Å². The number of aliphatic hydroxyl groups excluding tert-OH is 1. The van der Waals surface area contributed by atoms with Gasteiger partial charge in [0.25, 0.3) is 0 Å². The molecular formula is C17H24N2O2. The molecule has 0 aliphatic carbocycles. The summed E-state index contributed by atoms with van der Waals surface area (Å²) in [5, 5.41) is 10.1. The molecule has 1 aromatic carbocycles. The first-order valence-corrected chi connectivity index (χ1v) is 7.36. The van der Waals surface area contributed by atoms with Gasteiger partial charge in [-0.2, -0.15) is 0 Å². The maximum absolute atomic E-state index is 10.1. The van der Waals surface area contributed by atoms with Crippen LogP contribution in [0, 0.1) is 13.8 Å². The average molecular weight is 288 g/mol. The number of imidazole rings is 1. The first-order valence-electron chi connectivity index (χ1n) is 7.36. The number of rotatable bonds is 6. The van der Waals surface area contributed by atoms with Crippen molar-refractivity contribution in [3.63, 3.8) is 0 Å². The quantitative estimate of drug-likeness (QED) is 0.888. The van der Waals surface area contributed by atoms with Gasteiger partial charge in [-0.25, -0.2) is 4.98 Å². The van der Waals surface area contributed by atoms with E-state index in [2.05, 4.69) is 37.0 Å². The van der Waals surface area contributed by atoms with E-state index in [1.807, 2.05) is 24.6 Å². The highest BCUT2D eigenvalue weighted by atomic mass is 16.5. The van der Waals surface area contributed by atoms with Gasteiger partial charge in [-0.1, -0.05) is 26.0 Å². The Morgan fingerprint density at radius 1 is 1.29 bits per heavy atom. The summed E-state index contributed by atoms with van der Waals surface area (Å²) in [6.07, 6.45) is 3.04. The third-order valence-corrected chi connectivity index (χ3v) is 3.64. The van der Waals surface area contributed by atoms with E-state index in [1.54, 1.807) is 6.20 Å². The Bertz CT molecular complexity index is 590. The Hall–Kier alpha value is -1.81. The van der Waals surface area contributed by atoms with E-state index in [0.717, 1.165) is 17.1 Å². The van der Waals surface area contributed by atoms with E-state index < -0.39 is 6.10 Å². The van der Waals surface area contributed by atoms with Crippen LogP contribution in [0.3, 0.4) is 0 Å². The SMILES string of the molecule is Cc1ccc(C(C)C)cc1OCC(O)Cn1ccnc1C. The molecule has 4 heteroatoms. The molecule has 2 rings (SSSR count). The molecule has 0 aliphatic rings.